The van der Waals surface area contributed by atoms with Crippen LogP contribution in [0.15, 0.2) is 24.4 Å². The lowest BCUT2D eigenvalue weighted by atomic mass is 10.0. The van der Waals surface area contributed by atoms with Gasteiger partial charge in [-0.05, 0) is 50.8 Å². The summed E-state index contributed by atoms with van der Waals surface area (Å²) in [6, 6.07) is 6.36. The minimum atomic E-state index is 0.524. The third-order valence-corrected chi connectivity index (χ3v) is 4.28. The predicted octanol–water partition coefficient (Wildman–Crippen LogP) is 2.49. The number of aromatic nitrogens is 4. The molecule has 1 fully saturated rings. The van der Waals surface area contributed by atoms with Gasteiger partial charge in [-0.2, -0.15) is 5.10 Å². The fourth-order valence-corrected chi connectivity index (χ4v) is 2.97. The summed E-state index contributed by atoms with van der Waals surface area (Å²) in [5.41, 5.74) is 0.860. The van der Waals surface area contributed by atoms with E-state index in [-0.39, 0.29) is 0 Å². The molecule has 0 radical (unpaired) electrons. The van der Waals surface area contributed by atoms with Crippen LogP contribution in [0.25, 0.3) is 11.5 Å². The first-order chi connectivity index (χ1) is 9.75. The first-order valence-electron chi connectivity index (χ1n) is 7.02. The van der Waals surface area contributed by atoms with Crippen molar-refractivity contribution in [1.82, 2.24) is 24.6 Å². The van der Waals surface area contributed by atoms with Gasteiger partial charge in [-0.15, -0.1) is 0 Å². The minimum Gasteiger partial charge on any atom is -0.302 e. The predicted molar refractivity (Wildman–Crippen MR) is 80.9 cm³/mol. The van der Waals surface area contributed by atoms with Gasteiger partial charge in [0, 0.05) is 18.8 Å². The van der Waals surface area contributed by atoms with Crippen LogP contribution in [0.2, 0.25) is 0 Å². The molecule has 1 unspecified atom stereocenters. The molecule has 0 amide bonds. The molecule has 3 heterocycles. The first-order valence-corrected chi connectivity index (χ1v) is 7.43. The van der Waals surface area contributed by atoms with Gasteiger partial charge in [0.05, 0.1) is 0 Å². The van der Waals surface area contributed by atoms with Crippen LogP contribution < -0.4 is 0 Å². The van der Waals surface area contributed by atoms with E-state index in [4.69, 9.17) is 12.2 Å². The van der Waals surface area contributed by atoms with Gasteiger partial charge in [-0.1, -0.05) is 12.5 Å². The molecule has 1 atom stereocenters. The van der Waals surface area contributed by atoms with Gasteiger partial charge in [0.1, 0.15) is 5.69 Å². The highest BCUT2D eigenvalue weighted by molar-refractivity contribution is 7.71. The highest BCUT2D eigenvalue weighted by Crippen LogP contribution is 2.20. The van der Waals surface area contributed by atoms with Crippen LogP contribution in [-0.2, 0) is 6.54 Å². The van der Waals surface area contributed by atoms with Crippen molar-refractivity contribution in [2.75, 3.05) is 13.6 Å². The van der Waals surface area contributed by atoms with Gasteiger partial charge in [-0.3, -0.25) is 14.6 Å². The molecule has 0 aliphatic carbocycles. The number of hydrogen-bond donors (Lipinski definition) is 1. The van der Waals surface area contributed by atoms with Crippen molar-refractivity contribution in [2.45, 2.75) is 31.8 Å². The third kappa shape index (κ3) is 2.66. The molecule has 0 spiro atoms. The molecule has 5 nitrogen and oxygen atoms in total. The maximum atomic E-state index is 5.38. The van der Waals surface area contributed by atoms with Gasteiger partial charge in [0.2, 0.25) is 0 Å². The Hall–Kier alpha value is -1.53. The summed E-state index contributed by atoms with van der Waals surface area (Å²) in [5, 5.41) is 7.24. The Labute approximate surface area is 123 Å². The smallest absolute Gasteiger partial charge is 0.195 e. The van der Waals surface area contributed by atoms with Crippen LogP contribution in [0, 0.1) is 4.77 Å². The summed E-state index contributed by atoms with van der Waals surface area (Å²) in [6.07, 6.45) is 5.57. The second-order valence-electron chi connectivity index (χ2n) is 5.31. The number of pyridine rings is 1. The van der Waals surface area contributed by atoms with Crippen LogP contribution >= 0.6 is 12.2 Å². The number of likely N-dealkylation sites (N-methyl/N-ethyl adjacent to an activating group) is 1. The molecule has 106 valence electrons. The Kier molecular flexibility index (Phi) is 3.93. The maximum Gasteiger partial charge on any atom is 0.195 e. The standard InChI is InChI=1S/C14H19N5S/c1-18-9-5-3-6-11(18)10-19-13(16-17-14(19)20)12-7-2-4-8-15-12/h2,4,7-8,11H,3,5-6,9-10H2,1H3,(H,17,20). The summed E-state index contributed by atoms with van der Waals surface area (Å²) in [6.45, 7) is 2.03. The highest BCUT2D eigenvalue weighted by atomic mass is 32.1. The summed E-state index contributed by atoms with van der Waals surface area (Å²) in [5.74, 6) is 0.828. The molecule has 0 aromatic carbocycles. The van der Waals surface area contributed by atoms with Crippen LogP contribution in [0.3, 0.4) is 0 Å². The number of hydrogen-bond acceptors (Lipinski definition) is 4. The second-order valence-corrected chi connectivity index (χ2v) is 5.69. The molecule has 1 N–H and O–H groups in total. The monoisotopic (exact) mass is 289 g/mol. The van der Waals surface area contributed by atoms with Gasteiger partial charge < -0.3 is 4.90 Å². The van der Waals surface area contributed by atoms with E-state index >= 15 is 0 Å². The Bertz CT molecular complexity index is 618. The van der Waals surface area contributed by atoms with Crippen LogP contribution in [0.4, 0.5) is 0 Å². The van der Waals surface area contributed by atoms with Gasteiger partial charge in [-0.25, -0.2) is 0 Å². The Morgan fingerprint density at radius 1 is 1.40 bits per heavy atom. The molecular weight excluding hydrogens is 270 g/mol. The van der Waals surface area contributed by atoms with E-state index in [1.54, 1.807) is 6.20 Å². The minimum absolute atomic E-state index is 0.524. The van der Waals surface area contributed by atoms with Crippen molar-refractivity contribution in [3.05, 3.63) is 29.2 Å². The summed E-state index contributed by atoms with van der Waals surface area (Å²) in [7, 11) is 2.19. The Morgan fingerprint density at radius 3 is 3.05 bits per heavy atom. The lowest BCUT2D eigenvalue weighted by Crippen LogP contribution is -2.39. The average molecular weight is 289 g/mol. The van der Waals surface area contributed by atoms with Crippen molar-refractivity contribution in [2.24, 2.45) is 0 Å². The number of likely N-dealkylation sites (tertiary alicyclic amines) is 1. The second kappa shape index (κ2) is 5.85. The summed E-state index contributed by atoms with van der Waals surface area (Å²) < 4.78 is 2.74. The largest absolute Gasteiger partial charge is 0.302 e. The summed E-state index contributed by atoms with van der Waals surface area (Å²) in [4.78, 5) is 6.79. The molecular formula is C14H19N5S. The van der Waals surface area contributed by atoms with Crippen molar-refractivity contribution < 1.29 is 0 Å². The van der Waals surface area contributed by atoms with Crippen LogP contribution in [0.5, 0.6) is 0 Å². The van der Waals surface area contributed by atoms with E-state index in [9.17, 15) is 0 Å². The molecule has 2 aromatic heterocycles. The summed E-state index contributed by atoms with van der Waals surface area (Å²) >= 11 is 5.38. The zero-order chi connectivity index (χ0) is 13.9. The van der Waals surface area contributed by atoms with Crippen molar-refractivity contribution in [3.8, 4) is 11.5 Å². The van der Waals surface area contributed by atoms with Gasteiger partial charge in [0.15, 0.2) is 10.6 Å². The van der Waals surface area contributed by atoms with E-state index in [1.807, 2.05) is 18.2 Å². The number of H-pyrrole nitrogens is 1. The fraction of sp³-hybridized carbons (Fsp3) is 0.500. The quantitative estimate of drug-likeness (QED) is 0.882. The van der Waals surface area contributed by atoms with Gasteiger partial charge in [0.25, 0.3) is 0 Å². The lowest BCUT2D eigenvalue weighted by molar-refractivity contribution is 0.167. The van der Waals surface area contributed by atoms with Crippen molar-refractivity contribution in [1.29, 1.82) is 0 Å². The zero-order valence-corrected chi connectivity index (χ0v) is 12.4. The number of aromatic amines is 1. The molecule has 1 saturated heterocycles. The van der Waals surface area contributed by atoms with Crippen molar-refractivity contribution in [3.63, 3.8) is 0 Å². The topological polar surface area (TPSA) is 49.7 Å². The number of rotatable bonds is 3. The number of nitrogens with zero attached hydrogens (tertiary/aromatic N) is 4. The maximum absolute atomic E-state index is 5.38. The molecule has 0 bridgehead atoms. The first kappa shape index (κ1) is 13.5. The molecule has 6 heteroatoms. The van der Waals surface area contributed by atoms with Crippen molar-refractivity contribution >= 4 is 12.2 Å². The van der Waals surface area contributed by atoms with E-state index in [2.05, 4.69) is 31.7 Å². The van der Waals surface area contributed by atoms with E-state index in [0.717, 1.165) is 24.6 Å². The highest BCUT2D eigenvalue weighted by Gasteiger charge is 2.21. The molecule has 1 aliphatic heterocycles. The molecule has 0 saturated carbocycles. The Balaban J connectivity index is 1.90. The molecule has 20 heavy (non-hydrogen) atoms. The van der Waals surface area contributed by atoms with Crippen LogP contribution in [-0.4, -0.2) is 44.3 Å². The zero-order valence-electron chi connectivity index (χ0n) is 11.6. The van der Waals surface area contributed by atoms with E-state index in [1.165, 1.54) is 19.3 Å². The molecule has 3 rings (SSSR count). The number of nitrogens with one attached hydrogen (secondary N) is 1. The lowest BCUT2D eigenvalue weighted by Gasteiger charge is -2.32. The SMILES string of the molecule is CN1CCCCC1Cn1c(-c2ccccn2)n[nH]c1=S. The Morgan fingerprint density at radius 2 is 2.30 bits per heavy atom. The van der Waals surface area contributed by atoms with Crippen LogP contribution in [0.1, 0.15) is 19.3 Å². The van der Waals surface area contributed by atoms with E-state index in [0.29, 0.717) is 10.8 Å². The third-order valence-electron chi connectivity index (χ3n) is 3.97. The molecule has 2 aromatic rings. The van der Waals surface area contributed by atoms with Gasteiger partial charge >= 0.3 is 0 Å². The number of piperidine rings is 1. The molecule has 1 aliphatic rings. The fourth-order valence-electron chi connectivity index (χ4n) is 2.76. The average Bonchev–Trinajstić information content (AvgIpc) is 2.84. The normalized spacial score (nSPS) is 20.1. The van der Waals surface area contributed by atoms with E-state index < -0.39 is 0 Å².